The van der Waals surface area contributed by atoms with E-state index in [2.05, 4.69) is 32.0 Å². The van der Waals surface area contributed by atoms with Crippen molar-refractivity contribution in [1.82, 2.24) is 4.90 Å². The molecule has 150 valence electrons. The predicted molar refractivity (Wildman–Crippen MR) is 109 cm³/mol. The summed E-state index contributed by atoms with van der Waals surface area (Å²) >= 11 is 0. The smallest absolute Gasteiger partial charge is 0.328 e. The number of carbonyl (C=O) groups is 2. The van der Waals surface area contributed by atoms with Gasteiger partial charge in [-0.3, -0.25) is 0 Å². The number of aliphatic carboxylic acids is 2. The van der Waals surface area contributed by atoms with Crippen LogP contribution in [0.15, 0.2) is 76.5 Å². The van der Waals surface area contributed by atoms with E-state index >= 15 is 0 Å². The Bertz CT molecular complexity index is 818. The van der Waals surface area contributed by atoms with Gasteiger partial charge in [0.15, 0.2) is 0 Å². The normalized spacial score (nSPS) is 12.9. The molecular formula is C21H25NO5S. The zero-order valence-corrected chi connectivity index (χ0v) is 16.9. The molecule has 0 saturated heterocycles. The SMILES string of the molecule is CC(Cc1ccccc1S(=O)c1ccccc1)N(C)C.O=C(O)/C=C/C(=O)O. The fourth-order valence-corrected chi connectivity index (χ4v) is 3.42. The molecule has 2 atom stereocenters. The van der Waals surface area contributed by atoms with Gasteiger partial charge in [-0.2, -0.15) is 0 Å². The van der Waals surface area contributed by atoms with E-state index in [-0.39, 0.29) is 0 Å². The maximum Gasteiger partial charge on any atom is 0.328 e. The Labute approximate surface area is 167 Å². The molecule has 0 radical (unpaired) electrons. The highest BCUT2D eigenvalue weighted by Gasteiger charge is 2.14. The number of carboxylic acids is 2. The van der Waals surface area contributed by atoms with Gasteiger partial charge in [-0.1, -0.05) is 36.4 Å². The largest absolute Gasteiger partial charge is 0.478 e. The molecule has 2 aromatic carbocycles. The first-order chi connectivity index (χ1) is 13.2. The van der Waals surface area contributed by atoms with E-state index in [1.807, 2.05) is 48.5 Å². The second-order valence-corrected chi connectivity index (χ2v) is 7.66. The number of benzene rings is 2. The maximum absolute atomic E-state index is 12.7. The van der Waals surface area contributed by atoms with Crippen molar-refractivity contribution in [1.29, 1.82) is 0 Å². The number of rotatable bonds is 7. The number of hydrogen-bond acceptors (Lipinski definition) is 4. The highest BCUT2D eigenvalue weighted by atomic mass is 32.2. The minimum absolute atomic E-state index is 0.420. The van der Waals surface area contributed by atoms with E-state index in [4.69, 9.17) is 10.2 Å². The Morgan fingerprint density at radius 2 is 1.46 bits per heavy atom. The zero-order valence-electron chi connectivity index (χ0n) is 16.1. The molecule has 0 aliphatic rings. The fraction of sp³-hybridized carbons (Fsp3) is 0.238. The lowest BCUT2D eigenvalue weighted by Gasteiger charge is -2.21. The molecule has 0 aliphatic carbocycles. The highest BCUT2D eigenvalue weighted by molar-refractivity contribution is 7.85. The molecule has 7 heteroatoms. The van der Waals surface area contributed by atoms with Crippen LogP contribution in [-0.2, 0) is 26.8 Å². The first-order valence-corrected chi connectivity index (χ1v) is 9.72. The van der Waals surface area contributed by atoms with Crippen molar-refractivity contribution in [3.8, 4) is 0 Å². The molecule has 0 saturated carbocycles. The Morgan fingerprint density at radius 1 is 0.964 bits per heavy atom. The topological polar surface area (TPSA) is 94.9 Å². The number of likely N-dealkylation sites (N-methyl/N-ethyl adjacent to an activating group) is 1. The Kier molecular flexibility index (Phi) is 9.84. The Hall–Kier alpha value is -2.77. The standard InChI is InChI=1S/C17H21NOS.C4H4O4/c1-14(18(2)3)13-15-9-7-8-12-17(15)20(19)16-10-5-4-6-11-16;5-3(6)1-2-4(7)8/h4-12,14H,13H2,1-3H3;1-2H,(H,5,6)(H,7,8)/b;2-1+. The molecule has 28 heavy (non-hydrogen) atoms. The lowest BCUT2D eigenvalue weighted by atomic mass is 10.1. The Morgan fingerprint density at radius 3 is 1.96 bits per heavy atom. The molecule has 0 aliphatic heterocycles. The molecule has 0 heterocycles. The van der Waals surface area contributed by atoms with Crippen molar-refractivity contribution < 1.29 is 24.0 Å². The van der Waals surface area contributed by atoms with Crippen LogP contribution in [-0.4, -0.2) is 51.4 Å². The van der Waals surface area contributed by atoms with Gasteiger partial charge in [0.1, 0.15) is 0 Å². The summed E-state index contributed by atoms with van der Waals surface area (Å²) in [5.74, 6) is -2.51. The van der Waals surface area contributed by atoms with Gasteiger partial charge in [0.05, 0.1) is 10.8 Å². The van der Waals surface area contributed by atoms with Crippen molar-refractivity contribution in [3.05, 3.63) is 72.3 Å². The van der Waals surface area contributed by atoms with Crippen molar-refractivity contribution in [2.45, 2.75) is 29.2 Å². The van der Waals surface area contributed by atoms with Gasteiger partial charge in [0, 0.05) is 28.0 Å². The number of carboxylic acid groups (broad SMARTS) is 2. The minimum Gasteiger partial charge on any atom is -0.478 e. The van der Waals surface area contributed by atoms with Crippen LogP contribution in [0.25, 0.3) is 0 Å². The van der Waals surface area contributed by atoms with E-state index in [9.17, 15) is 13.8 Å². The van der Waals surface area contributed by atoms with Gasteiger partial charge in [-0.15, -0.1) is 0 Å². The molecular weight excluding hydrogens is 378 g/mol. The molecule has 0 amide bonds. The summed E-state index contributed by atoms with van der Waals surface area (Å²) in [6.07, 6.45) is 2.02. The van der Waals surface area contributed by atoms with Gasteiger partial charge in [0.25, 0.3) is 0 Å². The Balaban J connectivity index is 0.000000416. The second-order valence-electron chi connectivity index (χ2n) is 6.22. The first kappa shape index (κ1) is 23.3. The molecule has 2 aromatic rings. The molecule has 0 aromatic heterocycles. The monoisotopic (exact) mass is 403 g/mol. The maximum atomic E-state index is 12.7. The third kappa shape index (κ3) is 8.28. The van der Waals surface area contributed by atoms with Crippen LogP contribution < -0.4 is 0 Å². The van der Waals surface area contributed by atoms with Gasteiger partial charge in [-0.25, -0.2) is 13.8 Å². The predicted octanol–water partition coefficient (Wildman–Crippen LogP) is 3.06. The summed E-state index contributed by atoms with van der Waals surface area (Å²) in [6, 6.07) is 18.1. The van der Waals surface area contributed by atoms with Crippen LogP contribution in [0, 0.1) is 0 Å². The number of nitrogens with zero attached hydrogens (tertiary/aromatic N) is 1. The summed E-state index contributed by atoms with van der Waals surface area (Å²) in [5, 5.41) is 15.6. The van der Waals surface area contributed by atoms with Gasteiger partial charge in [-0.05, 0) is 51.2 Å². The van der Waals surface area contributed by atoms with Crippen LogP contribution in [0.1, 0.15) is 12.5 Å². The van der Waals surface area contributed by atoms with Crippen molar-refractivity contribution in [3.63, 3.8) is 0 Å². The average molecular weight is 404 g/mol. The van der Waals surface area contributed by atoms with E-state index in [1.54, 1.807) is 0 Å². The molecule has 2 unspecified atom stereocenters. The summed E-state index contributed by atoms with van der Waals surface area (Å²) in [5.41, 5.74) is 1.16. The molecule has 6 nitrogen and oxygen atoms in total. The van der Waals surface area contributed by atoms with Crippen molar-refractivity contribution in [2.24, 2.45) is 0 Å². The van der Waals surface area contributed by atoms with Gasteiger partial charge < -0.3 is 15.1 Å². The second kappa shape index (κ2) is 11.8. The summed E-state index contributed by atoms with van der Waals surface area (Å²) in [7, 11) is 3.04. The first-order valence-electron chi connectivity index (χ1n) is 8.57. The van der Waals surface area contributed by atoms with Crippen LogP contribution in [0.5, 0.6) is 0 Å². The van der Waals surface area contributed by atoms with Crippen LogP contribution in [0.2, 0.25) is 0 Å². The lowest BCUT2D eigenvalue weighted by molar-refractivity contribution is -0.134. The van der Waals surface area contributed by atoms with E-state index in [0.29, 0.717) is 18.2 Å². The molecule has 0 fully saturated rings. The highest BCUT2D eigenvalue weighted by Crippen LogP contribution is 2.21. The quantitative estimate of drug-likeness (QED) is 0.690. The molecule has 0 bridgehead atoms. The van der Waals surface area contributed by atoms with E-state index < -0.39 is 22.7 Å². The van der Waals surface area contributed by atoms with Crippen LogP contribution >= 0.6 is 0 Å². The van der Waals surface area contributed by atoms with Crippen LogP contribution in [0.3, 0.4) is 0 Å². The minimum atomic E-state index is -1.26. The average Bonchev–Trinajstić information content (AvgIpc) is 2.67. The molecule has 2 N–H and O–H groups in total. The lowest BCUT2D eigenvalue weighted by Crippen LogP contribution is -2.27. The fourth-order valence-electron chi connectivity index (χ4n) is 2.17. The summed E-state index contributed by atoms with van der Waals surface area (Å²) in [4.78, 5) is 23.1. The van der Waals surface area contributed by atoms with Crippen molar-refractivity contribution in [2.75, 3.05) is 14.1 Å². The zero-order chi connectivity index (χ0) is 21.1. The van der Waals surface area contributed by atoms with Crippen molar-refractivity contribution >= 4 is 22.7 Å². The van der Waals surface area contributed by atoms with E-state index in [0.717, 1.165) is 21.8 Å². The van der Waals surface area contributed by atoms with Gasteiger partial charge >= 0.3 is 11.9 Å². The molecule has 2 rings (SSSR count). The molecule has 0 spiro atoms. The van der Waals surface area contributed by atoms with E-state index in [1.165, 1.54) is 0 Å². The number of hydrogen-bond donors (Lipinski definition) is 2. The third-order valence-electron chi connectivity index (χ3n) is 3.89. The summed E-state index contributed by atoms with van der Waals surface area (Å²) in [6.45, 7) is 2.18. The summed E-state index contributed by atoms with van der Waals surface area (Å²) < 4.78 is 12.7. The van der Waals surface area contributed by atoms with Gasteiger partial charge in [0.2, 0.25) is 0 Å². The van der Waals surface area contributed by atoms with Crippen LogP contribution in [0.4, 0.5) is 0 Å². The third-order valence-corrected chi connectivity index (χ3v) is 5.39.